The van der Waals surface area contributed by atoms with Crippen LogP contribution in [0.5, 0.6) is 0 Å². The molecule has 1 amide bonds. The van der Waals surface area contributed by atoms with Gasteiger partial charge in [-0.15, -0.1) is 0 Å². The van der Waals surface area contributed by atoms with Crippen LogP contribution < -0.4 is 10.5 Å². The lowest BCUT2D eigenvalue weighted by atomic mass is 10.1. The fourth-order valence-electron chi connectivity index (χ4n) is 1.97. The van der Waals surface area contributed by atoms with E-state index in [9.17, 15) is 13.2 Å². The van der Waals surface area contributed by atoms with Crippen LogP contribution in [0, 0.1) is 6.92 Å². The second-order valence-corrected chi connectivity index (χ2v) is 6.94. The molecule has 7 heteroatoms. The molecule has 0 aliphatic carbocycles. The van der Waals surface area contributed by atoms with Crippen molar-refractivity contribution in [2.24, 2.45) is 5.73 Å². The van der Waals surface area contributed by atoms with Gasteiger partial charge in [0, 0.05) is 10.7 Å². The van der Waals surface area contributed by atoms with Crippen LogP contribution in [0.15, 0.2) is 47.4 Å². The van der Waals surface area contributed by atoms with Crippen LogP contribution in [0.3, 0.4) is 0 Å². The molecule has 2 aromatic rings. The Morgan fingerprint density at radius 3 is 2.41 bits per heavy atom. The van der Waals surface area contributed by atoms with Gasteiger partial charge in [0.05, 0.1) is 11.3 Å². The summed E-state index contributed by atoms with van der Waals surface area (Å²) in [5.74, 6) is -0.442. The Labute approximate surface area is 134 Å². The van der Waals surface area contributed by atoms with Gasteiger partial charge in [-0.3, -0.25) is 9.52 Å². The largest absolute Gasteiger partial charge is 0.369 e. The fourth-order valence-corrected chi connectivity index (χ4v) is 3.53. The van der Waals surface area contributed by atoms with Gasteiger partial charge in [0.2, 0.25) is 5.91 Å². The summed E-state index contributed by atoms with van der Waals surface area (Å²) in [7, 11) is -3.73. The quantitative estimate of drug-likeness (QED) is 0.877. The smallest absolute Gasteiger partial charge is 0.262 e. The molecule has 0 heterocycles. The monoisotopic (exact) mass is 338 g/mol. The fraction of sp³-hybridized carbons (Fsp3) is 0.133. The highest BCUT2D eigenvalue weighted by Crippen LogP contribution is 2.23. The molecule has 0 atom stereocenters. The van der Waals surface area contributed by atoms with E-state index in [4.69, 9.17) is 17.3 Å². The Kier molecular flexibility index (Phi) is 4.73. The van der Waals surface area contributed by atoms with E-state index < -0.39 is 15.9 Å². The molecule has 0 bridgehead atoms. The van der Waals surface area contributed by atoms with Gasteiger partial charge < -0.3 is 5.73 Å². The summed E-state index contributed by atoms with van der Waals surface area (Å²) in [5.41, 5.74) is 6.82. The van der Waals surface area contributed by atoms with Crippen LogP contribution in [0.1, 0.15) is 11.1 Å². The zero-order valence-electron chi connectivity index (χ0n) is 11.8. The van der Waals surface area contributed by atoms with Crippen molar-refractivity contribution in [3.05, 3.63) is 58.6 Å². The Balaban J connectivity index is 2.25. The van der Waals surface area contributed by atoms with Crippen molar-refractivity contribution >= 4 is 33.2 Å². The number of halogens is 1. The summed E-state index contributed by atoms with van der Waals surface area (Å²) in [5, 5.41) is 0.350. The maximum Gasteiger partial charge on any atom is 0.262 e. The van der Waals surface area contributed by atoms with Crippen molar-refractivity contribution in [1.82, 2.24) is 0 Å². The summed E-state index contributed by atoms with van der Waals surface area (Å²) in [4.78, 5) is 11.0. The molecule has 0 unspecified atom stereocenters. The molecule has 0 saturated carbocycles. The van der Waals surface area contributed by atoms with Crippen LogP contribution in [0.2, 0.25) is 5.02 Å². The highest BCUT2D eigenvalue weighted by Gasteiger charge is 2.17. The molecule has 0 aliphatic rings. The second kappa shape index (κ2) is 6.37. The van der Waals surface area contributed by atoms with E-state index in [0.29, 0.717) is 16.3 Å². The zero-order valence-corrected chi connectivity index (χ0v) is 13.4. The van der Waals surface area contributed by atoms with Gasteiger partial charge >= 0.3 is 0 Å². The summed E-state index contributed by atoms with van der Waals surface area (Å²) in [6.07, 6.45) is 0.112. The van der Waals surface area contributed by atoms with E-state index >= 15 is 0 Å². The highest BCUT2D eigenvalue weighted by atomic mass is 35.5. The van der Waals surface area contributed by atoms with Crippen molar-refractivity contribution in [3.8, 4) is 0 Å². The first kappa shape index (κ1) is 16.3. The molecule has 22 heavy (non-hydrogen) atoms. The molecule has 0 radical (unpaired) electrons. The van der Waals surface area contributed by atoms with Crippen LogP contribution in [0.25, 0.3) is 0 Å². The molecule has 3 N–H and O–H groups in total. The molecule has 0 fully saturated rings. The van der Waals surface area contributed by atoms with Crippen LogP contribution in [-0.4, -0.2) is 14.3 Å². The SMILES string of the molecule is Cc1ccc(Cl)cc1S(=O)(=O)Nc1ccc(CC(N)=O)cc1. The topological polar surface area (TPSA) is 89.3 Å². The molecular formula is C15H15ClN2O3S. The Morgan fingerprint density at radius 1 is 1.18 bits per heavy atom. The summed E-state index contributed by atoms with van der Waals surface area (Å²) >= 11 is 5.86. The average Bonchev–Trinajstić information content (AvgIpc) is 2.43. The number of primary amides is 1. The van der Waals surface area contributed by atoms with Gasteiger partial charge in [-0.25, -0.2) is 8.42 Å². The van der Waals surface area contributed by atoms with Crippen LogP contribution in [-0.2, 0) is 21.2 Å². The molecule has 0 spiro atoms. The van der Waals surface area contributed by atoms with Crippen LogP contribution in [0.4, 0.5) is 5.69 Å². The van der Waals surface area contributed by atoms with Gasteiger partial charge in [0.15, 0.2) is 0 Å². The first-order valence-electron chi connectivity index (χ1n) is 6.44. The normalized spacial score (nSPS) is 11.2. The number of aryl methyl sites for hydroxylation is 1. The molecule has 0 aromatic heterocycles. The molecule has 116 valence electrons. The number of amides is 1. The summed E-state index contributed by atoms with van der Waals surface area (Å²) in [6, 6.07) is 11.1. The molecule has 0 saturated heterocycles. The summed E-state index contributed by atoms with van der Waals surface area (Å²) in [6.45, 7) is 1.70. The number of nitrogens with one attached hydrogen (secondary N) is 1. The molecule has 2 aromatic carbocycles. The number of anilines is 1. The Morgan fingerprint density at radius 2 is 1.82 bits per heavy atom. The molecule has 5 nitrogen and oxygen atoms in total. The molecule has 0 aliphatic heterocycles. The zero-order chi connectivity index (χ0) is 16.3. The lowest BCUT2D eigenvalue weighted by molar-refractivity contribution is -0.117. The van der Waals surface area contributed by atoms with Crippen molar-refractivity contribution < 1.29 is 13.2 Å². The predicted octanol–water partition coefficient (Wildman–Crippen LogP) is 2.48. The number of benzene rings is 2. The number of sulfonamides is 1. The second-order valence-electron chi connectivity index (χ2n) is 4.86. The third-order valence-electron chi connectivity index (χ3n) is 3.02. The number of hydrogen-bond acceptors (Lipinski definition) is 3. The third kappa shape index (κ3) is 3.99. The third-order valence-corrected chi connectivity index (χ3v) is 4.78. The van der Waals surface area contributed by atoms with E-state index in [0.717, 1.165) is 5.56 Å². The van der Waals surface area contributed by atoms with Gasteiger partial charge in [0.1, 0.15) is 0 Å². The van der Waals surface area contributed by atoms with Crippen LogP contribution >= 0.6 is 11.6 Å². The van der Waals surface area contributed by atoms with Gasteiger partial charge in [-0.1, -0.05) is 29.8 Å². The average molecular weight is 339 g/mol. The van der Waals surface area contributed by atoms with Crippen molar-refractivity contribution in [3.63, 3.8) is 0 Å². The van der Waals surface area contributed by atoms with Gasteiger partial charge in [0.25, 0.3) is 10.0 Å². The van der Waals surface area contributed by atoms with Crippen molar-refractivity contribution in [1.29, 1.82) is 0 Å². The number of carbonyl (C=O) groups is 1. The molecule has 2 rings (SSSR count). The summed E-state index contributed by atoms with van der Waals surface area (Å²) < 4.78 is 27.3. The maximum absolute atomic E-state index is 12.4. The predicted molar refractivity (Wildman–Crippen MR) is 86.3 cm³/mol. The van der Waals surface area contributed by atoms with E-state index in [2.05, 4.69) is 4.72 Å². The minimum absolute atomic E-state index is 0.112. The van der Waals surface area contributed by atoms with E-state index in [1.807, 2.05) is 0 Å². The van der Waals surface area contributed by atoms with Crippen molar-refractivity contribution in [2.75, 3.05) is 4.72 Å². The Hall–Kier alpha value is -2.05. The highest BCUT2D eigenvalue weighted by molar-refractivity contribution is 7.92. The van der Waals surface area contributed by atoms with E-state index in [1.54, 1.807) is 43.3 Å². The van der Waals surface area contributed by atoms with E-state index in [-0.39, 0.29) is 11.3 Å². The minimum atomic E-state index is -3.73. The van der Waals surface area contributed by atoms with E-state index in [1.165, 1.54) is 6.07 Å². The maximum atomic E-state index is 12.4. The number of nitrogens with two attached hydrogens (primary N) is 1. The first-order valence-corrected chi connectivity index (χ1v) is 8.30. The van der Waals surface area contributed by atoms with Crippen molar-refractivity contribution in [2.45, 2.75) is 18.2 Å². The van der Waals surface area contributed by atoms with Gasteiger partial charge in [-0.05, 0) is 42.3 Å². The standard InChI is InChI=1S/C15H15ClN2O3S/c1-10-2-5-12(16)9-14(10)22(20,21)18-13-6-3-11(4-7-13)8-15(17)19/h2-7,9,18H,8H2,1H3,(H2,17,19). The number of carbonyl (C=O) groups excluding carboxylic acids is 1. The number of hydrogen-bond donors (Lipinski definition) is 2. The lowest BCUT2D eigenvalue weighted by Crippen LogP contribution is -2.15. The van der Waals surface area contributed by atoms with Gasteiger partial charge in [-0.2, -0.15) is 0 Å². The molecular weight excluding hydrogens is 324 g/mol. The first-order chi connectivity index (χ1) is 10.3. The lowest BCUT2D eigenvalue weighted by Gasteiger charge is -2.11. The Bertz CT molecular complexity index is 802. The number of rotatable bonds is 5. The minimum Gasteiger partial charge on any atom is -0.369 e.